The predicted molar refractivity (Wildman–Crippen MR) is 70.8 cm³/mol. The maximum atomic E-state index is 11.3. The lowest BCUT2D eigenvalue weighted by atomic mass is 9.92. The van der Waals surface area contributed by atoms with Crippen molar-refractivity contribution in [3.8, 4) is 0 Å². The van der Waals surface area contributed by atoms with Gasteiger partial charge in [0.2, 0.25) is 10.0 Å². The second-order valence-corrected chi connectivity index (χ2v) is 6.52. The Morgan fingerprint density at radius 3 is 3.11 bits per heavy atom. The first kappa shape index (κ1) is 13.5. The molecule has 0 fully saturated rings. The zero-order chi connectivity index (χ0) is 13.0. The molecule has 0 radical (unpaired) electrons. The lowest BCUT2D eigenvalue weighted by Gasteiger charge is -2.25. The summed E-state index contributed by atoms with van der Waals surface area (Å²) >= 11 is 0. The zero-order valence-electron chi connectivity index (χ0n) is 10.5. The minimum atomic E-state index is -3.13. The van der Waals surface area contributed by atoms with Gasteiger partial charge in [-0.2, -0.15) is 0 Å². The summed E-state index contributed by atoms with van der Waals surface area (Å²) in [4.78, 5) is 4.41. The number of fused-ring (bicyclic) bond motifs is 1. The first-order chi connectivity index (χ1) is 8.62. The largest absolute Gasteiger partial charge is 0.308 e. The van der Waals surface area contributed by atoms with Crippen molar-refractivity contribution in [3.05, 3.63) is 29.6 Å². The fourth-order valence-corrected chi connectivity index (χ4v) is 2.87. The molecule has 0 spiro atoms. The number of rotatable bonds is 5. The van der Waals surface area contributed by atoms with Gasteiger partial charge >= 0.3 is 0 Å². The van der Waals surface area contributed by atoms with Gasteiger partial charge in [0, 0.05) is 18.8 Å². The van der Waals surface area contributed by atoms with E-state index in [1.54, 1.807) is 6.20 Å². The Morgan fingerprint density at radius 2 is 2.33 bits per heavy atom. The van der Waals surface area contributed by atoms with Gasteiger partial charge in [0.05, 0.1) is 11.4 Å². The van der Waals surface area contributed by atoms with Gasteiger partial charge < -0.3 is 5.32 Å². The maximum absolute atomic E-state index is 11.3. The molecule has 6 heteroatoms. The molecule has 0 aliphatic heterocycles. The third kappa shape index (κ3) is 3.28. The van der Waals surface area contributed by atoms with E-state index in [9.17, 15) is 8.42 Å². The number of hydrogen-bond donors (Lipinski definition) is 2. The van der Waals surface area contributed by atoms with Crippen LogP contribution in [-0.4, -0.2) is 32.7 Å². The summed E-state index contributed by atoms with van der Waals surface area (Å²) < 4.78 is 25.0. The van der Waals surface area contributed by atoms with Crippen LogP contribution in [0.25, 0.3) is 0 Å². The Morgan fingerprint density at radius 1 is 1.50 bits per heavy atom. The molecule has 1 aromatic heterocycles. The summed E-state index contributed by atoms with van der Waals surface area (Å²) in [5.74, 6) is 0.0994. The number of aromatic nitrogens is 1. The highest BCUT2D eigenvalue weighted by Gasteiger charge is 2.21. The number of sulfonamides is 1. The molecule has 1 heterocycles. The van der Waals surface area contributed by atoms with Crippen molar-refractivity contribution in [2.75, 3.05) is 19.3 Å². The zero-order valence-corrected chi connectivity index (χ0v) is 11.3. The van der Waals surface area contributed by atoms with Gasteiger partial charge in [-0.1, -0.05) is 6.07 Å². The highest BCUT2D eigenvalue weighted by Crippen LogP contribution is 2.27. The van der Waals surface area contributed by atoms with E-state index in [0.717, 1.165) is 25.0 Å². The van der Waals surface area contributed by atoms with Crippen LogP contribution in [0.3, 0.4) is 0 Å². The van der Waals surface area contributed by atoms with Crippen molar-refractivity contribution in [1.29, 1.82) is 0 Å². The van der Waals surface area contributed by atoms with Crippen molar-refractivity contribution in [1.82, 2.24) is 15.0 Å². The Hall–Kier alpha value is -0.980. The van der Waals surface area contributed by atoms with Gasteiger partial charge in [0.15, 0.2) is 0 Å². The van der Waals surface area contributed by atoms with Crippen molar-refractivity contribution in [2.45, 2.75) is 25.3 Å². The molecule has 0 saturated heterocycles. The number of aryl methyl sites for hydroxylation is 1. The first-order valence-electron chi connectivity index (χ1n) is 6.21. The van der Waals surface area contributed by atoms with Gasteiger partial charge in [-0.3, -0.25) is 4.98 Å². The molecule has 1 aliphatic rings. The van der Waals surface area contributed by atoms with Gasteiger partial charge in [0.1, 0.15) is 0 Å². The average Bonchev–Trinajstić information content (AvgIpc) is 2.39. The second kappa shape index (κ2) is 5.77. The van der Waals surface area contributed by atoms with E-state index in [1.165, 1.54) is 12.6 Å². The summed E-state index contributed by atoms with van der Waals surface area (Å²) in [7, 11) is -1.69. The summed E-state index contributed by atoms with van der Waals surface area (Å²) in [5, 5.41) is 3.29. The predicted octanol–water partition coefficient (Wildman–Crippen LogP) is 0.598. The molecule has 1 aromatic rings. The van der Waals surface area contributed by atoms with Crippen molar-refractivity contribution < 1.29 is 8.42 Å². The fourth-order valence-electron chi connectivity index (χ4n) is 2.28. The Bertz CT molecular complexity index is 502. The molecule has 0 aromatic carbocycles. The average molecular weight is 269 g/mol. The Balaban J connectivity index is 1.96. The van der Waals surface area contributed by atoms with Crippen molar-refractivity contribution in [2.24, 2.45) is 0 Å². The molecule has 0 amide bonds. The van der Waals surface area contributed by atoms with Crippen LogP contribution in [0.5, 0.6) is 0 Å². The quantitative estimate of drug-likeness (QED) is 0.821. The third-order valence-electron chi connectivity index (χ3n) is 3.27. The SMILES string of the molecule is CNS(=O)(=O)CCNC1CCCc2cccnc21. The number of nitrogens with one attached hydrogen (secondary N) is 2. The third-order valence-corrected chi connectivity index (χ3v) is 4.63. The van der Waals surface area contributed by atoms with E-state index in [1.807, 2.05) is 6.07 Å². The lowest BCUT2D eigenvalue weighted by molar-refractivity contribution is 0.458. The highest BCUT2D eigenvalue weighted by molar-refractivity contribution is 7.89. The number of nitrogens with zero attached hydrogens (tertiary/aromatic N) is 1. The molecule has 0 bridgehead atoms. The Kier molecular flexibility index (Phi) is 4.31. The molecule has 0 saturated carbocycles. The molecule has 100 valence electrons. The first-order valence-corrected chi connectivity index (χ1v) is 7.86. The van der Waals surface area contributed by atoms with Crippen LogP contribution in [0.1, 0.15) is 30.1 Å². The van der Waals surface area contributed by atoms with Gasteiger partial charge in [0.25, 0.3) is 0 Å². The summed E-state index contributed by atoms with van der Waals surface area (Å²) in [5.41, 5.74) is 2.35. The molecule has 2 rings (SSSR count). The molecule has 2 N–H and O–H groups in total. The topological polar surface area (TPSA) is 71.1 Å². The van der Waals surface area contributed by atoms with Crippen molar-refractivity contribution in [3.63, 3.8) is 0 Å². The summed E-state index contributed by atoms with van der Waals surface area (Å²) in [6.07, 6.45) is 5.00. The normalized spacial score (nSPS) is 19.5. The van der Waals surface area contributed by atoms with Gasteiger partial charge in [-0.15, -0.1) is 0 Å². The molecule has 18 heavy (non-hydrogen) atoms. The van der Waals surface area contributed by atoms with Crippen LogP contribution in [0.2, 0.25) is 0 Å². The van der Waals surface area contributed by atoms with Crippen molar-refractivity contribution >= 4 is 10.0 Å². The van der Waals surface area contributed by atoms with E-state index in [-0.39, 0.29) is 11.8 Å². The molecule has 1 aliphatic carbocycles. The molecular formula is C12H19N3O2S. The van der Waals surface area contributed by atoms with Crippen LogP contribution in [0, 0.1) is 0 Å². The smallest absolute Gasteiger partial charge is 0.212 e. The number of pyridine rings is 1. The molecule has 1 unspecified atom stereocenters. The summed E-state index contributed by atoms with van der Waals surface area (Å²) in [6, 6.07) is 4.23. The van der Waals surface area contributed by atoms with E-state index < -0.39 is 10.0 Å². The standard InChI is InChI=1S/C12H19N3O2S/c1-13-18(16,17)9-8-14-11-6-2-4-10-5-3-7-15-12(10)11/h3,5,7,11,13-14H,2,4,6,8-9H2,1H3. The lowest BCUT2D eigenvalue weighted by Crippen LogP contribution is -2.33. The molecule has 5 nitrogen and oxygen atoms in total. The maximum Gasteiger partial charge on any atom is 0.212 e. The number of hydrogen-bond acceptors (Lipinski definition) is 4. The Labute approximate surface area is 108 Å². The van der Waals surface area contributed by atoms with E-state index in [2.05, 4.69) is 21.1 Å². The fraction of sp³-hybridized carbons (Fsp3) is 0.583. The van der Waals surface area contributed by atoms with Crippen LogP contribution in [-0.2, 0) is 16.4 Å². The van der Waals surface area contributed by atoms with E-state index in [4.69, 9.17) is 0 Å². The molecule has 1 atom stereocenters. The monoisotopic (exact) mass is 269 g/mol. The minimum absolute atomic E-state index is 0.0994. The van der Waals surface area contributed by atoms with Crippen LogP contribution >= 0.6 is 0 Å². The molecular weight excluding hydrogens is 250 g/mol. The second-order valence-electron chi connectivity index (χ2n) is 4.47. The highest BCUT2D eigenvalue weighted by atomic mass is 32.2. The summed E-state index contributed by atoms with van der Waals surface area (Å²) in [6.45, 7) is 0.448. The minimum Gasteiger partial charge on any atom is -0.308 e. The van der Waals surface area contributed by atoms with E-state index in [0.29, 0.717) is 6.54 Å². The van der Waals surface area contributed by atoms with Crippen LogP contribution < -0.4 is 10.0 Å². The van der Waals surface area contributed by atoms with Crippen LogP contribution in [0.15, 0.2) is 18.3 Å². The van der Waals surface area contributed by atoms with Gasteiger partial charge in [-0.25, -0.2) is 13.1 Å². The van der Waals surface area contributed by atoms with E-state index >= 15 is 0 Å². The van der Waals surface area contributed by atoms with Gasteiger partial charge in [-0.05, 0) is 37.9 Å². The van der Waals surface area contributed by atoms with Crippen LogP contribution in [0.4, 0.5) is 0 Å².